The molecule has 3 aromatic carbocycles. The summed E-state index contributed by atoms with van der Waals surface area (Å²) in [4.78, 5) is 12.3. The van der Waals surface area contributed by atoms with E-state index < -0.39 is 0 Å². The molecule has 0 aliphatic carbocycles. The third kappa shape index (κ3) is 6.57. The molecule has 2 N–H and O–H groups in total. The van der Waals surface area contributed by atoms with Gasteiger partial charge in [-0.25, -0.2) is 0 Å². The molecule has 0 heterocycles. The van der Waals surface area contributed by atoms with Crippen LogP contribution in [0.1, 0.15) is 11.1 Å². The summed E-state index contributed by atoms with van der Waals surface area (Å²) in [5, 5.41) is 7.75. The van der Waals surface area contributed by atoms with E-state index in [1.54, 1.807) is 31.4 Å². The molecule has 0 bridgehead atoms. The van der Waals surface area contributed by atoms with Crippen LogP contribution in [-0.2, 0) is 11.3 Å². The number of halogens is 4. The Bertz CT molecular complexity index is 1140. The second-order valence-electron chi connectivity index (χ2n) is 6.89. The molecular weight excluding hydrogens is 586 g/mol. The third-order valence-corrected chi connectivity index (χ3v) is 6.26. The van der Waals surface area contributed by atoms with Crippen molar-refractivity contribution in [3.8, 4) is 11.5 Å². The quantitative estimate of drug-likeness (QED) is 0.267. The average Bonchev–Trinajstić information content (AvgIpc) is 2.74. The van der Waals surface area contributed by atoms with Gasteiger partial charge in [-0.3, -0.25) is 4.79 Å². The highest BCUT2D eigenvalue weighted by atomic mass is 127. The van der Waals surface area contributed by atoms with Gasteiger partial charge in [0.2, 0.25) is 0 Å². The summed E-state index contributed by atoms with van der Waals surface area (Å²) in [6.45, 7) is 2.24. The summed E-state index contributed by atoms with van der Waals surface area (Å²) in [6, 6.07) is 14.4. The summed E-state index contributed by atoms with van der Waals surface area (Å²) in [5.41, 5.74) is 3.29. The molecule has 0 spiro atoms. The lowest BCUT2D eigenvalue weighted by Gasteiger charge is -2.15. The number of anilines is 2. The normalized spacial score (nSPS) is 10.6. The molecule has 3 rings (SSSR count). The van der Waals surface area contributed by atoms with Gasteiger partial charge in [0.25, 0.3) is 5.91 Å². The minimum absolute atomic E-state index is 0.171. The van der Waals surface area contributed by atoms with Crippen LogP contribution in [0.15, 0.2) is 48.5 Å². The van der Waals surface area contributed by atoms with E-state index in [9.17, 15) is 4.79 Å². The molecule has 0 saturated heterocycles. The highest BCUT2D eigenvalue weighted by Crippen LogP contribution is 2.34. The van der Waals surface area contributed by atoms with Crippen LogP contribution in [0.25, 0.3) is 0 Å². The number of hydrogen-bond acceptors (Lipinski definition) is 4. The molecule has 168 valence electrons. The Kier molecular flexibility index (Phi) is 8.76. The number of hydrogen-bond donors (Lipinski definition) is 2. The van der Waals surface area contributed by atoms with E-state index in [1.807, 2.05) is 31.2 Å². The van der Waals surface area contributed by atoms with Gasteiger partial charge in [-0.2, -0.15) is 0 Å². The summed E-state index contributed by atoms with van der Waals surface area (Å²) < 4.78 is 12.1. The fraction of sp³-hybridized carbons (Fsp3) is 0.174. The van der Waals surface area contributed by atoms with Crippen LogP contribution >= 0.6 is 57.4 Å². The zero-order valence-electron chi connectivity index (χ0n) is 17.3. The maximum Gasteiger partial charge on any atom is 0.262 e. The van der Waals surface area contributed by atoms with Crippen LogP contribution in [0.2, 0.25) is 15.1 Å². The van der Waals surface area contributed by atoms with E-state index in [2.05, 4.69) is 33.2 Å². The van der Waals surface area contributed by atoms with Crippen LogP contribution in [0, 0.1) is 10.5 Å². The fourth-order valence-electron chi connectivity index (χ4n) is 2.85. The largest absolute Gasteiger partial charge is 0.493 e. The van der Waals surface area contributed by atoms with E-state index in [0.29, 0.717) is 38.8 Å². The lowest BCUT2D eigenvalue weighted by molar-refractivity contribution is -0.118. The van der Waals surface area contributed by atoms with Gasteiger partial charge >= 0.3 is 0 Å². The topological polar surface area (TPSA) is 59.6 Å². The minimum Gasteiger partial charge on any atom is -0.493 e. The predicted octanol–water partition coefficient (Wildman–Crippen LogP) is 7.20. The van der Waals surface area contributed by atoms with Gasteiger partial charge < -0.3 is 20.1 Å². The van der Waals surface area contributed by atoms with E-state index in [4.69, 9.17) is 44.3 Å². The van der Waals surface area contributed by atoms with Gasteiger partial charge in [-0.1, -0.05) is 40.9 Å². The minimum atomic E-state index is -0.300. The highest BCUT2D eigenvalue weighted by molar-refractivity contribution is 14.1. The van der Waals surface area contributed by atoms with Crippen LogP contribution < -0.4 is 20.1 Å². The van der Waals surface area contributed by atoms with Crippen LogP contribution in [0.5, 0.6) is 11.5 Å². The monoisotopic (exact) mass is 604 g/mol. The number of carbonyl (C=O) groups excluding carboxylic acids is 1. The van der Waals surface area contributed by atoms with Crippen LogP contribution in [0.4, 0.5) is 11.4 Å². The molecule has 0 atom stereocenters. The van der Waals surface area contributed by atoms with E-state index in [-0.39, 0.29) is 12.5 Å². The first-order valence-electron chi connectivity index (χ1n) is 9.51. The van der Waals surface area contributed by atoms with Crippen molar-refractivity contribution < 1.29 is 14.3 Å². The molecule has 0 aromatic heterocycles. The molecule has 0 radical (unpaired) electrons. The molecule has 0 fully saturated rings. The Labute approximate surface area is 215 Å². The first-order chi connectivity index (χ1) is 15.3. The number of rotatable bonds is 8. The van der Waals surface area contributed by atoms with Crippen molar-refractivity contribution in [2.45, 2.75) is 13.5 Å². The van der Waals surface area contributed by atoms with Crippen LogP contribution in [0.3, 0.4) is 0 Å². The predicted molar refractivity (Wildman–Crippen MR) is 140 cm³/mol. The van der Waals surface area contributed by atoms with Crippen molar-refractivity contribution in [2.75, 3.05) is 24.4 Å². The van der Waals surface area contributed by atoms with Gasteiger partial charge in [-0.05, 0) is 83.1 Å². The standard InChI is InChI=1S/C23H20Cl3IN2O3/c1-13-3-5-16(10-17(13)25)29-22(30)12-32-23-19(27)7-14(8-21(23)31-2)11-28-20-6-4-15(24)9-18(20)26/h3-10,28H,11-12H2,1-2H3,(H,29,30). The summed E-state index contributed by atoms with van der Waals surface area (Å²) >= 11 is 20.4. The Balaban J connectivity index is 1.65. The summed E-state index contributed by atoms with van der Waals surface area (Å²) in [5.74, 6) is 0.728. The number of ether oxygens (including phenoxy) is 2. The molecule has 0 aliphatic heterocycles. The van der Waals surface area contributed by atoms with E-state index in [1.165, 1.54) is 0 Å². The molecule has 32 heavy (non-hydrogen) atoms. The molecule has 5 nitrogen and oxygen atoms in total. The summed E-state index contributed by atoms with van der Waals surface area (Å²) in [6.07, 6.45) is 0. The van der Waals surface area contributed by atoms with E-state index in [0.717, 1.165) is 20.4 Å². The Hall–Kier alpha value is -1.87. The molecule has 1 amide bonds. The first kappa shape index (κ1) is 24.8. The molecule has 3 aromatic rings. The Morgan fingerprint density at radius 2 is 1.81 bits per heavy atom. The van der Waals surface area contributed by atoms with Gasteiger partial charge in [-0.15, -0.1) is 0 Å². The smallest absolute Gasteiger partial charge is 0.262 e. The molecule has 9 heteroatoms. The maximum absolute atomic E-state index is 12.3. The number of carbonyl (C=O) groups is 1. The number of methoxy groups -OCH3 is 1. The zero-order valence-corrected chi connectivity index (χ0v) is 21.7. The SMILES string of the molecule is COc1cc(CNc2ccc(Cl)cc2Cl)cc(I)c1OCC(=O)Nc1ccc(C)c(Cl)c1. The number of aryl methyl sites for hydroxylation is 1. The Morgan fingerprint density at radius 3 is 2.50 bits per heavy atom. The van der Waals surface area contributed by atoms with Gasteiger partial charge in [0.1, 0.15) is 0 Å². The lowest BCUT2D eigenvalue weighted by atomic mass is 10.2. The second-order valence-corrected chi connectivity index (χ2v) is 9.30. The van der Waals surface area contributed by atoms with E-state index >= 15 is 0 Å². The van der Waals surface area contributed by atoms with Gasteiger partial charge in [0.15, 0.2) is 18.1 Å². The van der Waals surface area contributed by atoms with Crippen molar-refractivity contribution >= 4 is 74.7 Å². The second kappa shape index (κ2) is 11.3. The highest BCUT2D eigenvalue weighted by Gasteiger charge is 2.14. The average molecular weight is 606 g/mol. The van der Waals surface area contributed by atoms with Gasteiger partial charge in [0, 0.05) is 22.3 Å². The third-order valence-electron chi connectivity index (χ3n) is 4.51. The molecular formula is C23H20Cl3IN2O3. The molecule has 0 saturated carbocycles. The van der Waals surface area contributed by atoms with Crippen molar-refractivity contribution in [1.29, 1.82) is 0 Å². The van der Waals surface area contributed by atoms with Crippen LogP contribution in [-0.4, -0.2) is 19.6 Å². The van der Waals surface area contributed by atoms with Crippen molar-refractivity contribution in [2.24, 2.45) is 0 Å². The Morgan fingerprint density at radius 1 is 1.03 bits per heavy atom. The van der Waals surface area contributed by atoms with Crippen molar-refractivity contribution in [3.05, 3.63) is 78.3 Å². The van der Waals surface area contributed by atoms with Gasteiger partial charge in [0.05, 0.1) is 21.4 Å². The number of amides is 1. The van der Waals surface area contributed by atoms with Crippen molar-refractivity contribution in [3.63, 3.8) is 0 Å². The fourth-order valence-corrected chi connectivity index (χ4v) is 4.33. The lowest BCUT2D eigenvalue weighted by Crippen LogP contribution is -2.20. The first-order valence-corrected chi connectivity index (χ1v) is 11.7. The molecule has 0 aliphatic rings. The number of benzene rings is 3. The summed E-state index contributed by atoms with van der Waals surface area (Å²) in [7, 11) is 1.56. The number of nitrogens with one attached hydrogen (secondary N) is 2. The molecule has 0 unspecified atom stereocenters. The van der Waals surface area contributed by atoms with Crippen molar-refractivity contribution in [1.82, 2.24) is 0 Å². The maximum atomic E-state index is 12.3. The zero-order chi connectivity index (χ0) is 23.3.